The second kappa shape index (κ2) is 6.00. The van der Waals surface area contributed by atoms with Crippen LogP contribution in [0.2, 0.25) is 0 Å². The fraction of sp³-hybridized carbons (Fsp3) is 0.571. The van der Waals surface area contributed by atoms with Crippen LogP contribution in [-0.4, -0.2) is 6.04 Å². The summed E-state index contributed by atoms with van der Waals surface area (Å²) in [6.07, 6.45) is 1.14. The Morgan fingerprint density at radius 2 is 1.88 bits per heavy atom. The fourth-order valence-corrected chi connectivity index (χ4v) is 2.07. The maximum absolute atomic E-state index is 13.0. The van der Waals surface area contributed by atoms with Crippen molar-refractivity contribution in [2.24, 2.45) is 5.92 Å². The average Bonchev–Trinajstić information content (AvgIpc) is 2.16. The van der Waals surface area contributed by atoms with Crippen LogP contribution in [0.1, 0.15) is 45.7 Å². The Bertz CT molecular complexity index is 322. The lowest BCUT2D eigenvalue weighted by molar-refractivity contribution is 0.406. The lowest BCUT2D eigenvalue weighted by atomic mass is 10.0. The minimum absolute atomic E-state index is 0.164. The molecule has 0 fully saturated rings. The Hall–Kier alpha value is -0.890. The molecule has 0 aromatic heterocycles. The third-order valence-corrected chi connectivity index (χ3v) is 2.71. The molecule has 2 heteroatoms. The van der Waals surface area contributed by atoms with E-state index in [-0.39, 0.29) is 11.9 Å². The highest BCUT2D eigenvalue weighted by Gasteiger charge is 2.10. The number of hydrogen-bond donors (Lipinski definition) is 1. The van der Waals surface area contributed by atoms with Gasteiger partial charge in [-0.2, -0.15) is 0 Å². The maximum atomic E-state index is 13.0. The molecule has 0 saturated heterocycles. The molecule has 0 saturated carbocycles. The van der Waals surface area contributed by atoms with E-state index in [1.54, 1.807) is 12.1 Å². The first-order valence-corrected chi connectivity index (χ1v) is 6.00. The normalized spacial score (nSPS) is 15.1. The van der Waals surface area contributed by atoms with E-state index in [9.17, 15) is 4.39 Å². The zero-order valence-corrected chi connectivity index (χ0v) is 10.6. The zero-order valence-electron chi connectivity index (χ0n) is 10.6. The van der Waals surface area contributed by atoms with E-state index in [0.717, 1.165) is 12.0 Å². The third kappa shape index (κ3) is 4.31. The van der Waals surface area contributed by atoms with E-state index in [4.69, 9.17) is 0 Å². The summed E-state index contributed by atoms with van der Waals surface area (Å²) in [4.78, 5) is 0. The van der Waals surface area contributed by atoms with Crippen LogP contribution in [0, 0.1) is 11.7 Å². The van der Waals surface area contributed by atoms with Gasteiger partial charge in [-0.3, -0.25) is 0 Å². The fourth-order valence-electron chi connectivity index (χ4n) is 2.07. The van der Waals surface area contributed by atoms with Crippen LogP contribution in [-0.2, 0) is 0 Å². The molecule has 0 aliphatic carbocycles. The molecule has 1 nitrogen and oxygen atoms in total. The summed E-state index contributed by atoms with van der Waals surface area (Å²) in [5.74, 6) is 0.518. The van der Waals surface area contributed by atoms with Crippen molar-refractivity contribution in [1.82, 2.24) is 5.32 Å². The van der Waals surface area contributed by atoms with E-state index >= 15 is 0 Å². The van der Waals surface area contributed by atoms with Gasteiger partial charge >= 0.3 is 0 Å². The van der Waals surface area contributed by atoms with Crippen molar-refractivity contribution in [1.29, 1.82) is 0 Å². The van der Waals surface area contributed by atoms with Crippen molar-refractivity contribution < 1.29 is 4.39 Å². The van der Waals surface area contributed by atoms with Gasteiger partial charge in [0.15, 0.2) is 0 Å². The molecule has 0 radical (unpaired) electrons. The molecule has 1 N–H and O–H groups in total. The van der Waals surface area contributed by atoms with Gasteiger partial charge in [-0.1, -0.05) is 26.0 Å². The van der Waals surface area contributed by atoms with Crippen LogP contribution in [0.4, 0.5) is 4.39 Å². The molecular formula is C14H22FN. The van der Waals surface area contributed by atoms with E-state index < -0.39 is 0 Å². The molecule has 1 unspecified atom stereocenters. The SMILES string of the molecule is CC(C)CC(C)N[C@@H](C)c1cccc(F)c1. The number of halogens is 1. The van der Waals surface area contributed by atoms with Gasteiger partial charge in [-0.25, -0.2) is 4.39 Å². The molecule has 0 aliphatic heterocycles. The summed E-state index contributed by atoms with van der Waals surface area (Å²) >= 11 is 0. The van der Waals surface area contributed by atoms with Crippen LogP contribution in [0.5, 0.6) is 0 Å². The summed E-state index contributed by atoms with van der Waals surface area (Å²) in [7, 11) is 0. The van der Waals surface area contributed by atoms with Gasteiger partial charge < -0.3 is 5.32 Å². The van der Waals surface area contributed by atoms with Gasteiger partial charge in [0.25, 0.3) is 0 Å². The van der Waals surface area contributed by atoms with E-state index in [2.05, 4.69) is 33.0 Å². The quantitative estimate of drug-likeness (QED) is 0.798. The van der Waals surface area contributed by atoms with Crippen molar-refractivity contribution >= 4 is 0 Å². The summed E-state index contributed by atoms with van der Waals surface area (Å²) in [6.45, 7) is 8.68. The molecule has 2 atom stereocenters. The summed E-state index contributed by atoms with van der Waals surface area (Å²) in [5.41, 5.74) is 1.01. The number of rotatable bonds is 5. The molecule has 1 aromatic rings. The van der Waals surface area contributed by atoms with E-state index in [1.165, 1.54) is 6.07 Å². The molecular weight excluding hydrogens is 201 g/mol. The topological polar surface area (TPSA) is 12.0 Å². The van der Waals surface area contributed by atoms with E-state index in [1.807, 2.05) is 6.07 Å². The second-order valence-corrected chi connectivity index (χ2v) is 4.97. The van der Waals surface area contributed by atoms with Gasteiger partial charge in [0.2, 0.25) is 0 Å². The highest BCUT2D eigenvalue weighted by atomic mass is 19.1. The first kappa shape index (κ1) is 13.2. The van der Waals surface area contributed by atoms with Crippen molar-refractivity contribution in [3.05, 3.63) is 35.6 Å². The largest absolute Gasteiger partial charge is 0.308 e. The molecule has 0 amide bonds. The number of benzene rings is 1. The van der Waals surface area contributed by atoms with Crippen LogP contribution >= 0.6 is 0 Å². The van der Waals surface area contributed by atoms with Gasteiger partial charge in [0.05, 0.1) is 0 Å². The van der Waals surface area contributed by atoms with Crippen molar-refractivity contribution in [2.75, 3.05) is 0 Å². The van der Waals surface area contributed by atoms with Gasteiger partial charge in [0, 0.05) is 12.1 Å². The zero-order chi connectivity index (χ0) is 12.1. The smallest absolute Gasteiger partial charge is 0.123 e. The summed E-state index contributed by atoms with van der Waals surface area (Å²) in [5, 5.41) is 3.49. The first-order chi connectivity index (χ1) is 7.49. The monoisotopic (exact) mass is 223 g/mol. The summed E-state index contributed by atoms with van der Waals surface area (Å²) in [6, 6.07) is 7.45. The Morgan fingerprint density at radius 1 is 1.19 bits per heavy atom. The predicted molar refractivity (Wildman–Crippen MR) is 66.9 cm³/mol. The molecule has 1 aromatic carbocycles. The third-order valence-electron chi connectivity index (χ3n) is 2.71. The van der Waals surface area contributed by atoms with Crippen molar-refractivity contribution in [3.63, 3.8) is 0 Å². The predicted octanol–water partition coefficient (Wildman–Crippen LogP) is 3.91. The lowest BCUT2D eigenvalue weighted by Gasteiger charge is -2.21. The molecule has 1 rings (SSSR count). The molecule has 0 bridgehead atoms. The Balaban J connectivity index is 2.55. The van der Waals surface area contributed by atoms with Crippen LogP contribution in [0.25, 0.3) is 0 Å². The average molecular weight is 223 g/mol. The molecule has 90 valence electrons. The maximum Gasteiger partial charge on any atom is 0.123 e. The van der Waals surface area contributed by atoms with Gasteiger partial charge in [-0.15, -0.1) is 0 Å². The Kier molecular flexibility index (Phi) is 4.94. The molecule has 0 aliphatic rings. The van der Waals surface area contributed by atoms with Crippen LogP contribution in [0.3, 0.4) is 0 Å². The Morgan fingerprint density at radius 3 is 2.44 bits per heavy atom. The Labute approximate surface area is 98.1 Å². The van der Waals surface area contributed by atoms with Crippen LogP contribution < -0.4 is 5.32 Å². The molecule has 0 spiro atoms. The van der Waals surface area contributed by atoms with Gasteiger partial charge in [0.1, 0.15) is 5.82 Å². The van der Waals surface area contributed by atoms with E-state index in [0.29, 0.717) is 12.0 Å². The number of hydrogen-bond acceptors (Lipinski definition) is 1. The molecule has 16 heavy (non-hydrogen) atoms. The standard InChI is InChI=1S/C14H22FN/c1-10(2)8-11(3)16-12(4)13-6-5-7-14(15)9-13/h5-7,9-12,16H,8H2,1-4H3/t11?,12-/m0/s1. The number of nitrogens with one attached hydrogen (secondary N) is 1. The van der Waals surface area contributed by atoms with Crippen molar-refractivity contribution in [2.45, 2.75) is 46.2 Å². The highest BCUT2D eigenvalue weighted by Crippen LogP contribution is 2.15. The van der Waals surface area contributed by atoms with Crippen LogP contribution in [0.15, 0.2) is 24.3 Å². The minimum atomic E-state index is -0.164. The highest BCUT2D eigenvalue weighted by molar-refractivity contribution is 5.19. The molecule has 0 heterocycles. The summed E-state index contributed by atoms with van der Waals surface area (Å²) < 4.78 is 13.0. The first-order valence-electron chi connectivity index (χ1n) is 6.00. The lowest BCUT2D eigenvalue weighted by Crippen LogP contribution is -2.30. The minimum Gasteiger partial charge on any atom is -0.308 e. The van der Waals surface area contributed by atoms with Gasteiger partial charge in [-0.05, 0) is 43.9 Å². The second-order valence-electron chi connectivity index (χ2n) is 4.97. The van der Waals surface area contributed by atoms with Crippen molar-refractivity contribution in [3.8, 4) is 0 Å².